The lowest BCUT2D eigenvalue weighted by Gasteiger charge is -2.32. The highest BCUT2D eigenvalue weighted by Gasteiger charge is 2.30. The van der Waals surface area contributed by atoms with Gasteiger partial charge in [0, 0.05) is 37.5 Å². The molecule has 1 aromatic carbocycles. The van der Waals surface area contributed by atoms with Gasteiger partial charge in [-0.15, -0.1) is 11.3 Å². The number of piperidine rings is 1. The second-order valence-electron chi connectivity index (χ2n) is 9.06. The average Bonchev–Trinajstić information content (AvgIpc) is 3.22. The topological polar surface area (TPSA) is 62.7 Å². The van der Waals surface area contributed by atoms with E-state index in [1.54, 1.807) is 16.2 Å². The van der Waals surface area contributed by atoms with E-state index in [-0.39, 0.29) is 17.9 Å². The molecule has 1 aromatic heterocycles. The Labute approximate surface area is 181 Å². The molecule has 30 heavy (non-hydrogen) atoms. The van der Waals surface area contributed by atoms with Crippen LogP contribution in [0.2, 0.25) is 0 Å². The van der Waals surface area contributed by atoms with Gasteiger partial charge in [0.15, 0.2) is 0 Å². The van der Waals surface area contributed by atoms with E-state index in [2.05, 4.69) is 23.2 Å². The number of carbonyl (C=O) groups is 2. The molecule has 0 radical (unpaired) electrons. The highest BCUT2D eigenvalue weighted by molar-refractivity contribution is 7.09. The second kappa shape index (κ2) is 8.38. The van der Waals surface area contributed by atoms with Crippen molar-refractivity contribution in [1.29, 1.82) is 0 Å². The van der Waals surface area contributed by atoms with E-state index in [0.717, 1.165) is 30.8 Å². The van der Waals surface area contributed by atoms with Crippen molar-refractivity contribution in [2.75, 3.05) is 19.6 Å². The highest BCUT2D eigenvalue weighted by atomic mass is 32.1. The Morgan fingerprint density at radius 3 is 2.47 bits per heavy atom. The van der Waals surface area contributed by atoms with Gasteiger partial charge in [0.2, 0.25) is 0 Å². The molecule has 0 N–H and O–H groups in total. The lowest BCUT2D eigenvalue weighted by atomic mass is 9.98. The molecule has 4 rings (SSSR count). The van der Waals surface area contributed by atoms with Crippen LogP contribution in [0.1, 0.15) is 66.2 Å². The summed E-state index contributed by atoms with van der Waals surface area (Å²) < 4.78 is 5.47. The van der Waals surface area contributed by atoms with E-state index in [4.69, 9.17) is 4.74 Å². The van der Waals surface area contributed by atoms with Crippen LogP contribution in [-0.2, 0) is 17.7 Å². The van der Waals surface area contributed by atoms with Gasteiger partial charge in [0.1, 0.15) is 11.3 Å². The van der Waals surface area contributed by atoms with Gasteiger partial charge in [-0.05, 0) is 51.2 Å². The van der Waals surface area contributed by atoms with Crippen molar-refractivity contribution in [3.63, 3.8) is 0 Å². The molecular weight excluding hydrogens is 398 g/mol. The van der Waals surface area contributed by atoms with Crippen LogP contribution in [0, 0.1) is 0 Å². The molecule has 160 valence electrons. The van der Waals surface area contributed by atoms with Gasteiger partial charge in [0.05, 0.1) is 5.01 Å². The van der Waals surface area contributed by atoms with Crippen LogP contribution in [0.5, 0.6) is 0 Å². The molecule has 2 aliphatic heterocycles. The maximum absolute atomic E-state index is 13.0. The number of benzene rings is 1. The number of likely N-dealkylation sites (tertiary alicyclic amines) is 1. The first-order valence-electron chi connectivity index (χ1n) is 10.6. The summed E-state index contributed by atoms with van der Waals surface area (Å²) in [5.41, 5.74) is 2.62. The van der Waals surface area contributed by atoms with Gasteiger partial charge in [-0.2, -0.15) is 0 Å². The number of amides is 2. The van der Waals surface area contributed by atoms with Crippen LogP contribution in [0.15, 0.2) is 29.6 Å². The molecule has 0 aliphatic carbocycles. The van der Waals surface area contributed by atoms with Crippen molar-refractivity contribution in [3.05, 3.63) is 51.5 Å². The van der Waals surface area contributed by atoms with E-state index >= 15 is 0 Å². The van der Waals surface area contributed by atoms with Crippen LogP contribution >= 0.6 is 11.3 Å². The standard InChI is InChI=1S/C23H29N3O3S/c1-23(2,3)29-22(28)25-11-9-17(10-12-25)20-24-19(15-30-20)21(27)26-13-8-16-6-4-5-7-18(16)14-26/h4-7,15,17H,8-14H2,1-3H3. The fourth-order valence-electron chi connectivity index (χ4n) is 4.04. The molecule has 1 saturated heterocycles. The van der Waals surface area contributed by atoms with Gasteiger partial charge >= 0.3 is 6.09 Å². The largest absolute Gasteiger partial charge is 0.444 e. The molecule has 2 amide bonds. The summed E-state index contributed by atoms with van der Waals surface area (Å²) in [6.45, 7) is 8.34. The summed E-state index contributed by atoms with van der Waals surface area (Å²) in [7, 11) is 0. The lowest BCUT2D eigenvalue weighted by Crippen LogP contribution is -2.41. The summed E-state index contributed by atoms with van der Waals surface area (Å²) in [5.74, 6) is 0.301. The van der Waals surface area contributed by atoms with Gasteiger partial charge in [0.25, 0.3) is 5.91 Å². The quantitative estimate of drug-likeness (QED) is 0.710. The molecule has 0 spiro atoms. The molecule has 0 saturated carbocycles. The number of carbonyl (C=O) groups excluding carboxylic acids is 2. The van der Waals surface area contributed by atoms with E-state index in [1.807, 2.05) is 37.1 Å². The number of hydrogen-bond donors (Lipinski definition) is 0. The Morgan fingerprint density at radius 1 is 1.07 bits per heavy atom. The van der Waals surface area contributed by atoms with Crippen LogP contribution in [0.3, 0.4) is 0 Å². The predicted molar refractivity (Wildman–Crippen MR) is 117 cm³/mol. The first-order chi connectivity index (χ1) is 14.3. The monoisotopic (exact) mass is 427 g/mol. The normalized spacial score (nSPS) is 17.6. The molecule has 0 atom stereocenters. The van der Waals surface area contributed by atoms with Crippen molar-refractivity contribution in [3.8, 4) is 0 Å². The minimum atomic E-state index is -0.479. The Morgan fingerprint density at radius 2 is 1.77 bits per heavy atom. The summed E-state index contributed by atoms with van der Waals surface area (Å²) in [6, 6.07) is 8.32. The zero-order chi connectivity index (χ0) is 21.3. The maximum atomic E-state index is 13.0. The second-order valence-corrected chi connectivity index (χ2v) is 9.95. The summed E-state index contributed by atoms with van der Waals surface area (Å²) in [6.07, 6.45) is 2.33. The first-order valence-corrected chi connectivity index (χ1v) is 11.5. The van der Waals surface area contributed by atoms with Crippen molar-refractivity contribution < 1.29 is 14.3 Å². The van der Waals surface area contributed by atoms with Crippen LogP contribution in [-0.4, -0.2) is 52.0 Å². The van der Waals surface area contributed by atoms with Gasteiger partial charge in [-0.3, -0.25) is 4.79 Å². The average molecular weight is 428 g/mol. The van der Waals surface area contributed by atoms with E-state index < -0.39 is 5.60 Å². The Bertz CT molecular complexity index is 926. The first kappa shape index (κ1) is 20.8. The van der Waals surface area contributed by atoms with Crippen molar-refractivity contribution >= 4 is 23.3 Å². The number of aromatic nitrogens is 1. The van der Waals surface area contributed by atoms with E-state index in [1.165, 1.54) is 11.1 Å². The van der Waals surface area contributed by atoms with Crippen molar-refractivity contribution in [2.45, 2.75) is 58.1 Å². The third-order valence-corrected chi connectivity index (χ3v) is 6.66. The summed E-state index contributed by atoms with van der Waals surface area (Å²) in [4.78, 5) is 33.6. The number of rotatable bonds is 2. The molecule has 0 unspecified atom stereocenters. The minimum absolute atomic E-state index is 0.0122. The predicted octanol–water partition coefficient (Wildman–Crippen LogP) is 4.46. The third kappa shape index (κ3) is 4.67. The number of thiazole rings is 1. The molecule has 0 bridgehead atoms. The third-order valence-electron chi connectivity index (χ3n) is 5.65. The molecule has 3 heterocycles. The van der Waals surface area contributed by atoms with E-state index in [0.29, 0.717) is 25.3 Å². The zero-order valence-electron chi connectivity index (χ0n) is 17.9. The Kier molecular flexibility index (Phi) is 5.82. The molecule has 2 aromatic rings. The fraction of sp³-hybridized carbons (Fsp3) is 0.522. The summed E-state index contributed by atoms with van der Waals surface area (Å²) in [5, 5.41) is 2.89. The fourth-order valence-corrected chi connectivity index (χ4v) is 5.01. The number of nitrogens with zero attached hydrogens (tertiary/aromatic N) is 3. The SMILES string of the molecule is CC(C)(C)OC(=O)N1CCC(c2nc(C(=O)N3CCc4ccccc4C3)cs2)CC1. The number of hydrogen-bond acceptors (Lipinski definition) is 5. The van der Waals surface area contributed by atoms with Crippen LogP contribution in [0.4, 0.5) is 4.79 Å². The van der Waals surface area contributed by atoms with Crippen molar-refractivity contribution in [2.24, 2.45) is 0 Å². The smallest absolute Gasteiger partial charge is 0.410 e. The maximum Gasteiger partial charge on any atom is 0.410 e. The number of fused-ring (bicyclic) bond motifs is 1. The van der Waals surface area contributed by atoms with Gasteiger partial charge in [-0.25, -0.2) is 9.78 Å². The van der Waals surface area contributed by atoms with Crippen molar-refractivity contribution in [1.82, 2.24) is 14.8 Å². The minimum Gasteiger partial charge on any atom is -0.444 e. The molecule has 2 aliphatic rings. The Balaban J connectivity index is 1.35. The highest BCUT2D eigenvalue weighted by Crippen LogP contribution is 2.31. The molecule has 6 nitrogen and oxygen atoms in total. The Hall–Kier alpha value is -2.41. The van der Waals surface area contributed by atoms with Crippen LogP contribution in [0.25, 0.3) is 0 Å². The van der Waals surface area contributed by atoms with Crippen LogP contribution < -0.4 is 0 Å². The van der Waals surface area contributed by atoms with E-state index in [9.17, 15) is 9.59 Å². The van der Waals surface area contributed by atoms with Gasteiger partial charge in [-0.1, -0.05) is 24.3 Å². The van der Waals surface area contributed by atoms with Gasteiger partial charge < -0.3 is 14.5 Å². The molecule has 7 heteroatoms. The zero-order valence-corrected chi connectivity index (χ0v) is 18.7. The molecular formula is C23H29N3O3S. The number of ether oxygens (including phenoxy) is 1. The summed E-state index contributed by atoms with van der Waals surface area (Å²) >= 11 is 1.56. The molecule has 1 fully saturated rings. The lowest BCUT2D eigenvalue weighted by molar-refractivity contribution is 0.0204.